The van der Waals surface area contributed by atoms with Gasteiger partial charge in [0.2, 0.25) is 0 Å². The van der Waals surface area contributed by atoms with Gasteiger partial charge in [-0.2, -0.15) is 16.8 Å². The van der Waals surface area contributed by atoms with Crippen LogP contribution in [0.15, 0.2) is 125 Å². The van der Waals surface area contributed by atoms with E-state index >= 15 is 0 Å². The van der Waals surface area contributed by atoms with E-state index in [1.54, 1.807) is 0 Å². The van der Waals surface area contributed by atoms with Gasteiger partial charge in [0.25, 0.3) is 10.1 Å². The summed E-state index contributed by atoms with van der Waals surface area (Å²) in [7, 11) is -8.97. The molecule has 5 aromatic carbocycles. The lowest BCUT2D eigenvalue weighted by molar-refractivity contribution is 0.479. The first-order chi connectivity index (χ1) is 20.7. The first-order valence-electron chi connectivity index (χ1n) is 14.1. The zero-order chi connectivity index (χ0) is 30.0. The van der Waals surface area contributed by atoms with Crippen molar-refractivity contribution >= 4 is 20.2 Å². The first kappa shape index (κ1) is 28.9. The SMILES string of the molecule is O=S(=O)(O)c1ccc(OS(=O)(=O)c2c(-c3ccccc3)cc(-c3ccccc3)cc2-c2ccccc2)c2c1CCCCC2. The zero-order valence-electron chi connectivity index (χ0n) is 23.3. The number of rotatable bonds is 7. The Morgan fingerprint density at radius 3 is 1.53 bits per heavy atom. The zero-order valence-corrected chi connectivity index (χ0v) is 24.9. The van der Waals surface area contributed by atoms with Gasteiger partial charge in [-0.3, -0.25) is 4.55 Å². The topological polar surface area (TPSA) is 97.7 Å². The molecule has 0 heterocycles. The van der Waals surface area contributed by atoms with E-state index in [2.05, 4.69) is 0 Å². The Balaban J connectivity index is 1.60. The maximum Gasteiger partial charge on any atom is 0.340 e. The molecule has 0 aliphatic heterocycles. The predicted octanol–water partition coefficient (Wildman–Crippen LogP) is 7.97. The Hall–Kier alpha value is -4.24. The van der Waals surface area contributed by atoms with Gasteiger partial charge in [0.15, 0.2) is 0 Å². The summed E-state index contributed by atoms with van der Waals surface area (Å²) in [5.74, 6) is 0.0782. The highest BCUT2D eigenvalue weighted by atomic mass is 32.2. The van der Waals surface area contributed by atoms with E-state index < -0.39 is 20.2 Å². The van der Waals surface area contributed by atoms with Gasteiger partial charge >= 0.3 is 10.1 Å². The highest BCUT2D eigenvalue weighted by molar-refractivity contribution is 7.87. The minimum Gasteiger partial charge on any atom is -0.379 e. The molecule has 0 spiro atoms. The van der Waals surface area contributed by atoms with Crippen LogP contribution in [0.25, 0.3) is 33.4 Å². The summed E-state index contributed by atoms with van der Waals surface area (Å²) in [4.78, 5) is -0.179. The fraction of sp³-hybridized carbons (Fsp3) is 0.143. The molecule has 0 radical (unpaired) electrons. The lowest BCUT2D eigenvalue weighted by Gasteiger charge is -2.20. The molecule has 1 aliphatic rings. The van der Waals surface area contributed by atoms with Crippen molar-refractivity contribution in [1.29, 1.82) is 0 Å². The van der Waals surface area contributed by atoms with Crippen LogP contribution in [0.1, 0.15) is 30.4 Å². The van der Waals surface area contributed by atoms with Crippen molar-refractivity contribution in [2.45, 2.75) is 41.9 Å². The van der Waals surface area contributed by atoms with Crippen LogP contribution in [0.2, 0.25) is 0 Å². The van der Waals surface area contributed by atoms with Crippen molar-refractivity contribution in [2.75, 3.05) is 0 Å². The number of hydrogen-bond donors (Lipinski definition) is 1. The van der Waals surface area contributed by atoms with Crippen LogP contribution in [0.4, 0.5) is 0 Å². The molecule has 1 aliphatic carbocycles. The number of benzene rings is 5. The molecule has 218 valence electrons. The molecule has 0 saturated heterocycles. The minimum absolute atomic E-state index is 0.0193. The van der Waals surface area contributed by atoms with Gasteiger partial charge in [0.1, 0.15) is 10.6 Å². The van der Waals surface area contributed by atoms with E-state index in [0.29, 0.717) is 46.2 Å². The molecule has 6 nitrogen and oxygen atoms in total. The van der Waals surface area contributed by atoms with Crippen molar-refractivity contribution in [3.63, 3.8) is 0 Å². The highest BCUT2D eigenvalue weighted by Crippen LogP contribution is 2.42. The van der Waals surface area contributed by atoms with Crippen LogP contribution in [0.3, 0.4) is 0 Å². The second kappa shape index (κ2) is 11.8. The van der Waals surface area contributed by atoms with Crippen molar-refractivity contribution < 1.29 is 25.6 Å². The molecule has 0 saturated carbocycles. The lowest BCUT2D eigenvalue weighted by atomic mass is 9.93. The van der Waals surface area contributed by atoms with Crippen LogP contribution in [0.5, 0.6) is 5.75 Å². The third-order valence-electron chi connectivity index (χ3n) is 7.79. The Morgan fingerprint density at radius 1 is 0.535 bits per heavy atom. The largest absolute Gasteiger partial charge is 0.379 e. The molecule has 0 bridgehead atoms. The van der Waals surface area contributed by atoms with Crippen LogP contribution < -0.4 is 4.18 Å². The summed E-state index contributed by atoms with van der Waals surface area (Å²) in [6.07, 6.45) is 3.16. The smallest absolute Gasteiger partial charge is 0.340 e. The molecule has 8 heteroatoms. The first-order valence-corrected chi connectivity index (χ1v) is 17.0. The summed E-state index contributed by atoms with van der Waals surface area (Å²) in [5.41, 5.74) is 5.10. The highest BCUT2D eigenvalue weighted by Gasteiger charge is 2.30. The quantitative estimate of drug-likeness (QED) is 0.114. The fourth-order valence-electron chi connectivity index (χ4n) is 5.82. The summed E-state index contributed by atoms with van der Waals surface area (Å²) in [5, 5.41) is 0. The fourth-order valence-corrected chi connectivity index (χ4v) is 7.96. The molecule has 6 rings (SSSR count). The Kier molecular flexibility index (Phi) is 7.92. The van der Waals surface area contributed by atoms with Crippen molar-refractivity contribution in [3.05, 3.63) is 126 Å². The number of hydrogen-bond acceptors (Lipinski definition) is 5. The monoisotopic (exact) mass is 610 g/mol. The number of fused-ring (bicyclic) bond motifs is 1. The maximum atomic E-state index is 14.5. The molecule has 5 aromatic rings. The summed E-state index contributed by atoms with van der Waals surface area (Å²) in [6, 6.07) is 34.7. The molecular weight excluding hydrogens is 581 g/mol. The van der Waals surface area contributed by atoms with E-state index in [4.69, 9.17) is 4.18 Å². The van der Waals surface area contributed by atoms with Crippen LogP contribution in [-0.2, 0) is 33.1 Å². The summed E-state index contributed by atoms with van der Waals surface area (Å²) < 4.78 is 69.2. The Labute approximate surface area is 252 Å². The molecule has 43 heavy (non-hydrogen) atoms. The van der Waals surface area contributed by atoms with Gasteiger partial charge in [0, 0.05) is 16.7 Å². The third kappa shape index (κ3) is 5.99. The third-order valence-corrected chi connectivity index (χ3v) is 10.1. The maximum absolute atomic E-state index is 14.5. The van der Waals surface area contributed by atoms with Gasteiger partial charge in [-0.25, -0.2) is 0 Å². The average molecular weight is 611 g/mol. The van der Waals surface area contributed by atoms with Gasteiger partial charge in [-0.1, -0.05) is 97.4 Å². The Morgan fingerprint density at radius 2 is 1.02 bits per heavy atom. The molecule has 1 N–H and O–H groups in total. The molecular formula is C35H30O6S2. The standard InChI is InChI=1S/C35H30O6S2/c36-42(37,38)34-22-21-33(29-19-11-4-12-20-30(29)34)41-43(39,40)35-31(26-15-7-2-8-16-26)23-28(25-13-5-1-6-14-25)24-32(35)27-17-9-3-10-18-27/h1-3,5-10,13-18,21-24H,4,11-12,19-20H2,(H,36,37,38). The normalized spacial score (nSPS) is 13.6. The molecule has 0 amide bonds. The minimum atomic E-state index is -4.49. The van der Waals surface area contributed by atoms with E-state index in [1.807, 2.05) is 103 Å². The van der Waals surface area contributed by atoms with Crippen molar-refractivity contribution in [3.8, 4) is 39.1 Å². The molecule has 0 aromatic heterocycles. The van der Waals surface area contributed by atoms with E-state index in [1.165, 1.54) is 12.1 Å². The van der Waals surface area contributed by atoms with E-state index in [9.17, 15) is 21.4 Å². The van der Waals surface area contributed by atoms with Gasteiger partial charge in [-0.05, 0) is 77.8 Å². The van der Waals surface area contributed by atoms with Crippen LogP contribution in [0, 0.1) is 0 Å². The van der Waals surface area contributed by atoms with Crippen molar-refractivity contribution in [1.82, 2.24) is 0 Å². The average Bonchev–Trinajstić information content (AvgIpc) is 3.28. The van der Waals surface area contributed by atoms with Crippen LogP contribution in [-0.4, -0.2) is 21.4 Å². The van der Waals surface area contributed by atoms with Gasteiger partial charge in [-0.15, -0.1) is 0 Å². The van der Waals surface area contributed by atoms with Crippen molar-refractivity contribution in [2.24, 2.45) is 0 Å². The van der Waals surface area contributed by atoms with Crippen LogP contribution >= 0.6 is 0 Å². The summed E-state index contributed by atoms with van der Waals surface area (Å²) >= 11 is 0. The molecule has 0 unspecified atom stereocenters. The van der Waals surface area contributed by atoms with Gasteiger partial charge in [0.05, 0.1) is 4.90 Å². The van der Waals surface area contributed by atoms with E-state index in [0.717, 1.165) is 30.4 Å². The predicted molar refractivity (Wildman–Crippen MR) is 168 cm³/mol. The van der Waals surface area contributed by atoms with Gasteiger partial charge < -0.3 is 4.18 Å². The Bertz CT molecular complexity index is 1930. The second-order valence-electron chi connectivity index (χ2n) is 10.6. The molecule has 0 fully saturated rings. The summed E-state index contributed by atoms with van der Waals surface area (Å²) in [6.45, 7) is 0. The second-order valence-corrected chi connectivity index (χ2v) is 13.5. The molecule has 0 atom stereocenters. The lowest BCUT2D eigenvalue weighted by Crippen LogP contribution is -2.15. The van der Waals surface area contributed by atoms with E-state index in [-0.39, 0.29) is 15.5 Å².